The van der Waals surface area contributed by atoms with E-state index in [0.717, 1.165) is 31.9 Å². The molecule has 0 saturated heterocycles. The van der Waals surface area contributed by atoms with E-state index in [1.807, 2.05) is 34.8 Å². The summed E-state index contributed by atoms with van der Waals surface area (Å²) >= 11 is 7.48. The SMILES string of the molecule is Cc1cccc(-c2nn3c(Cc4ccc(Cl)cc4)nnc3s2)c1. The highest BCUT2D eigenvalue weighted by atomic mass is 35.5. The highest BCUT2D eigenvalue weighted by molar-refractivity contribution is 7.19. The largest absolute Gasteiger partial charge is 0.234 e. The second-order valence-corrected chi connectivity index (χ2v) is 6.78. The van der Waals surface area contributed by atoms with Gasteiger partial charge in [0, 0.05) is 17.0 Å². The fraction of sp³-hybridized carbons (Fsp3) is 0.118. The molecule has 2 aromatic heterocycles. The number of aromatic nitrogens is 4. The lowest BCUT2D eigenvalue weighted by molar-refractivity contribution is 0.854. The molecule has 0 N–H and O–H groups in total. The van der Waals surface area contributed by atoms with Gasteiger partial charge < -0.3 is 0 Å². The van der Waals surface area contributed by atoms with Gasteiger partial charge >= 0.3 is 0 Å². The van der Waals surface area contributed by atoms with E-state index in [1.54, 1.807) is 11.3 Å². The molecule has 0 spiro atoms. The van der Waals surface area contributed by atoms with E-state index in [4.69, 9.17) is 11.6 Å². The standard InChI is InChI=1S/C17H13ClN4S/c1-11-3-2-4-13(9-11)16-21-22-15(19-20-17(22)23-16)10-12-5-7-14(18)8-6-12/h2-9H,10H2,1H3. The molecule has 0 amide bonds. The quantitative estimate of drug-likeness (QED) is 0.555. The fourth-order valence-corrected chi connectivity index (χ4v) is 3.43. The van der Waals surface area contributed by atoms with Crippen LogP contribution >= 0.6 is 22.9 Å². The fourth-order valence-electron chi connectivity index (χ4n) is 2.45. The van der Waals surface area contributed by atoms with Crippen molar-refractivity contribution in [1.29, 1.82) is 0 Å². The van der Waals surface area contributed by atoms with Crippen molar-refractivity contribution in [3.05, 3.63) is 70.5 Å². The number of hydrogen-bond acceptors (Lipinski definition) is 4. The van der Waals surface area contributed by atoms with Crippen LogP contribution in [0, 0.1) is 6.92 Å². The minimum absolute atomic E-state index is 0.676. The summed E-state index contributed by atoms with van der Waals surface area (Å²) in [5.41, 5.74) is 3.46. The Balaban J connectivity index is 1.70. The molecule has 4 aromatic rings. The Morgan fingerprint density at radius 3 is 2.70 bits per heavy atom. The lowest BCUT2D eigenvalue weighted by Crippen LogP contribution is -1.97. The second kappa shape index (κ2) is 5.76. The van der Waals surface area contributed by atoms with Gasteiger partial charge in [0.05, 0.1) is 0 Å². The minimum atomic E-state index is 0.676. The third kappa shape index (κ3) is 2.85. The Hall–Kier alpha value is -2.24. The molecule has 4 nitrogen and oxygen atoms in total. The Labute approximate surface area is 142 Å². The molecule has 0 aliphatic heterocycles. The molecule has 0 aliphatic rings. The number of nitrogens with zero attached hydrogens (tertiary/aromatic N) is 4. The van der Waals surface area contributed by atoms with Crippen molar-refractivity contribution >= 4 is 27.9 Å². The van der Waals surface area contributed by atoms with Crippen molar-refractivity contribution in [3.8, 4) is 10.6 Å². The van der Waals surface area contributed by atoms with E-state index < -0.39 is 0 Å². The maximum absolute atomic E-state index is 5.93. The predicted molar refractivity (Wildman–Crippen MR) is 93.1 cm³/mol. The summed E-state index contributed by atoms with van der Waals surface area (Å²) in [7, 11) is 0. The van der Waals surface area contributed by atoms with Crippen molar-refractivity contribution in [1.82, 2.24) is 19.8 Å². The maximum Gasteiger partial charge on any atom is 0.234 e. The van der Waals surface area contributed by atoms with Crippen molar-refractivity contribution in [2.24, 2.45) is 0 Å². The van der Waals surface area contributed by atoms with Crippen molar-refractivity contribution in [3.63, 3.8) is 0 Å². The van der Waals surface area contributed by atoms with Gasteiger partial charge in [-0.3, -0.25) is 0 Å². The molecular formula is C17H13ClN4S. The third-order valence-corrected chi connectivity index (χ3v) is 4.80. The van der Waals surface area contributed by atoms with E-state index in [0.29, 0.717) is 6.42 Å². The molecule has 0 radical (unpaired) electrons. The molecule has 114 valence electrons. The van der Waals surface area contributed by atoms with Crippen LogP contribution in [0.5, 0.6) is 0 Å². The average molecular weight is 341 g/mol. The molecule has 4 rings (SSSR count). The number of hydrogen-bond donors (Lipinski definition) is 0. The first-order valence-corrected chi connectivity index (χ1v) is 8.41. The van der Waals surface area contributed by atoms with E-state index >= 15 is 0 Å². The summed E-state index contributed by atoms with van der Waals surface area (Å²) < 4.78 is 1.83. The van der Waals surface area contributed by atoms with Crippen molar-refractivity contribution in [2.75, 3.05) is 0 Å². The van der Waals surface area contributed by atoms with Crippen LogP contribution in [0.3, 0.4) is 0 Å². The number of aryl methyl sites for hydroxylation is 1. The summed E-state index contributed by atoms with van der Waals surface area (Å²) in [6.45, 7) is 2.08. The number of benzene rings is 2. The number of rotatable bonds is 3. The molecule has 0 unspecified atom stereocenters. The van der Waals surface area contributed by atoms with Crippen LogP contribution in [0.15, 0.2) is 48.5 Å². The Morgan fingerprint density at radius 1 is 1.09 bits per heavy atom. The van der Waals surface area contributed by atoms with Gasteiger partial charge in [-0.15, -0.1) is 10.2 Å². The zero-order valence-electron chi connectivity index (χ0n) is 12.4. The van der Waals surface area contributed by atoms with E-state index in [9.17, 15) is 0 Å². The first-order valence-electron chi connectivity index (χ1n) is 7.22. The van der Waals surface area contributed by atoms with Crippen LogP contribution in [0.1, 0.15) is 17.0 Å². The predicted octanol–water partition coefficient (Wildman–Crippen LogP) is 4.41. The summed E-state index contributed by atoms with van der Waals surface area (Å²) in [6, 6.07) is 16.1. The van der Waals surface area contributed by atoms with Gasteiger partial charge in [-0.25, -0.2) is 0 Å². The molecule has 0 aliphatic carbocycles. The monoisotopic (exact) mass is 340 g/mol. The van der Waals surface area contributed by atoms with Gasteiger partial charge in [-0.05, 0) is 30.7 Å². The van der Waals surface area contributed by atoms with Crippen LogP contribution in [0.4, 0.5) is 0 Å². The van der Waals surface area contributed by atoms with Gasteiger partial charge in [0.15, 0.2) is 5.82 Å². The molecule has 6 heteroatoms. The van der Waals surface area contributed by atoms with E-state index in [-0.39, 0.29) is 0 Å². The topological polar surface area (TPSA) is 43.1 Å². The second-order valence-electron chi connectivity index (χ2n) is 5.39. The highest BCUT2D eigenvalue weighted by Gasteiger charge is 2.13. The molecular weight excluding hydrogens is 328 g/mol. The van der Waals surface area contributed by atoms with Crippen LogP contribution in [0.25, 0.3) is 15.5 Å². The normalized spacial score (nSPS) is 11.2. The lowest BCUT2D eigenvalue weighted by Gasteiger charge is -1.99. The first kappa shape index (κ1) is 14.4. The zero-order valence-corrected chi connectivity index (χ0v) is 14.0. The summed E-state index contributed by atoms with van der Waals surface area (Å²) in [5.74, 6) is 0.831. The van der Waals surface area contributed by atoms with Crippen molar-refractivity contribution in [2.45, 2.75) is 13.3 Å². The van der Waals surface area contributed by atoms with Crippen LogP contribution < -0.4 is 0 Å². The van der Waals surface area contributed by atoms with Crippen LogP contribution in [-0.4, -0.2) is 19.8 Å². The highest BCUT2D eigenvalue weighted by Crippen LogP contribution is 2.26. The zero-order chi connectivity index (χ0) is 15.8. The first-order chi connectivity index (χ1) is 11.2. The Kier molecular flexibility index (Phi) is 3.59. The van der Waals surface area contributed by atoms with Crippen LogP contribution in [-0.2, 0) is 6.42 Å². The number of fused-ring (bicyclic) bond motifs is 1. The molecule has 23 heavy (non-hydrogen) atoms. The van der Waals surface area contributed by atoms with E-state index in [1.165, 1.54) is 5.56 Å². The molecule has 0 atom stereocenters. The van der Waals surface area contributed by atoms with Crippen molar-refractivity contribution < 1.29 is 0 Å². The van der Waals surface area contributed by atoms with Crippen LogP contribution in [0.2, 0.25) is 5.02 Å². The third-order valence-electron chi connectivity index (χ3n) is 3.60. The molecule has 0 fully saturated rings. The van der Waals surface area contributed by atoms with Gasteiger partial charge in [-0.2, -0.15) is 9.61 Å². The Bertz CT molecular complexity index is 972. The average Bonchev–Trinajstić information content (AvgIpc) is 3.11. The lowest BCUT2D eigenvalue weighted by atomic mass is 10.1. The minimum Gasteiger partial charge on any atom is -0.187 e. The number of halogens is 1. The molecule has 0 bridgehead atoms. The Morgan fingerprint density at radius 2 is 1.91 bits per heavy atom. The van der Waals surface area contributed by atoms with E-state index in [2.05, 4.69) is 40.4 Å². The molecule has 0 saturated carbocycles. The van der Waals surface area contributed by atoms with Gasteiger partial charge in [0.1, 0.15) is 5.01 Å². The smallest absolute Gasteiger partial charge is 0.187 e. The molecule has 2 heterocycles. The summed E-state index contributed by atoms with van der Waals surface area (Å²) in [5, 5.41) is 14.9. The van der Waals surface area contributed by atoms with Gasteiger partial charge in [0.2, 0.25) is 4.96 Å². The molecule has 2 aromatic carbocycles. The summed E-state index contributed by atoms with van der Waals surface area (Å²) in [6.07, 6.45) is 0.676. The van der Waals surface area contributed by atoms with Gasteiger partial charge in [-0.1, -0.05) is 58.8 Å². The maximum atomic E-state index is 5.93. The summed E-state index contributed by atoms with van der Waals surface area (Å²) in [4.78, 5) is 0.811. The van der Waals surface area contributed by atoms with Gasteiger partial charge in [0.25, 0.3) is 0 Å².